The summed E-state index contributed by atoms with van der Waals surface area (Å²) in [4.78, 5) is 24.9. The lowest BCUT2D eigenvalue weighted by atomic mass is 10.2. The number of nitrogens with zero attached hydrogens (tertiary/aromatic N) is 1. The zero-order valence-corrected chi connectivity index (χ0v) is 12.7. The second-order valence-electron chi connectivity index (χ2n) is 4.74. The highest BCUT2D eigenvalue weighted by atomic mass is 79.9. The molecule has 2 rings (SSSR count). The molecule has 108 valence electrons. The Morgan fingerprint density at radius 1 is 1.35 bits per heavy atom. The Kier molecular flexibility index (Phi) is 4.65. The van der Waals surface area contributed by atoms with Crippen LogP contribution in [0, 0.1) is 0 Å². The summed E-state index contributed by atoms with van der Waals surface area (Å²) >= 11 is 3.17. The van der Waals surface area contributed by atoms with Gasteiger partial charge in [-0.3, -0.25) is 4.79 Å². The highest BCUT2D eigenvalue weighted by Gasteiger charge is 2.24. The number of carbonyl (C=O) groups is 2. The maximum Gasteiger partial charge on any atom is 0.336 e. The first kappa shape index (κ1) is 14.8. The van der Waals surface area contributed by atoms with Crippen LogP contribution in [0.3, 0.4) is 0 Å². The van der Waals surface area contributed by atoms with Crippen LogP contribution in [-0.4, -0.2) is 41.1 Å². The summed E-state index contributed by atoms with van der Waals surface area (Å²) in [7, 11) is 0. The number of amides is 1. The number of rotatable bonds is 4. The van der Waals surface area contributed by atoms with Crippen molar-refractivity contribution < 1.29 is 19.4 Å². The average molecular weight is 342 g/mol. The van der Waals surface area contributed by atoms with E-state index in [4.69, 9.17) is 9.84 Å². The van der Waals surface area contributed by atoms with Crippen LogP contribution in [0.5, 0.6) is 5.75 Å². The van der Waals surface area contributed by atoms with Gasteiger partial charge < -0.3 is 14.7 Å². The van der Waals surface area contributed by atoms with Gasteiger partial charge >= 0.3 is 5.97 Å². The molecule has 1 amide bonds. The largest absolute Gasteiger partial charge is 0.481 e. The molecule has 1 atom stereocenters. The Balaban J connectivity index is 2.07. The van der Waals surface area contributed by atoms with Crippen LogP contribution in [0.15, 0.2) is 22.7 Å². The number of aromatic carboxylic acids is 1. The minimum Gasteiger partial charge on any atom is -0.481 e. The van der Waals surface area contributed by atoms with E-state index in [1.54, 1.807) is 24.0 Å². The van der Waals surface area contributed by atoms with Gasteiger partial charge in [0.05, 0.1) is 5.56 Å². The highest BCUT2D eigenvalue weighted by Crippen LogP contribution is 2.24. The fourth-order valence-electron chi connectivity index (χ4n) is 2.19. The molecule has 6 heteroatoms. The van der Waals surface area contributed by atoms with Crippen molar-refractivity contribution in [2.24, 2.45) is 0 Å². The van der Waals surface area contributed by atoms with E-state index in [9.17, 15) is 9.59 Å². The molecule has 0 spiro atoms. The minimum absolute atomic E-state index is 0.0534. The molecule has 1 aliphatic heterocycles. The van der Waals surface area contributed by atoms with Crippen LogP contribution >= 0.6 is 15.9 Å². The number of carboxylic acid groups (broad SMARTS) is 1. The first-order valence-electron chi connectivity index (χ1n) is 6.47. The molecule has 0 aliphatic carbocycles. The summed E-state index contributed by atoms with van der Waals surface area (Å²) in [6.07, 6.45) is 1.44. The predicted octanol–water partition coefficient (Wildman–Crippen LogP) is 2.54. The van der Waals surface area contributed by atoms with Crippen molar-refractivity contribution in [3.63, 3.8) is 0 Å². The van der Waals surface area contributed by atoms with Gasteiger partial charge in [0, 0.05) is 17.6 Å². The molecular weight excluding hydrogens is 326 g/mol. The fourth-order valence-corrected chi connectivity index (χ4v) is 2.61. The Labute approximate surface area is 125 Å². The number of carboxylic acids is 1. The third-order valence-corrected chi connectivity index (χ3v) is 3.94. The molecule has 1 heterocycles. The highest BCUT2D eigenvalue weighted by molar-refractivity contribution is 9.10. The van der Waals surface area contributed by atoms with Gasteiger partial charge in [-0.15, -0.1) is 0 Å². The monoisotopic (exact) mass is 341 g/mol. The SMILES string of the molecule is CC(Oc1ccc(Br)c(C(=O)O)c1)C(=O)N1CCCC1. The minimum atomic E-state index is -1.04. The Hall–Kier alpha value is -1.56. The smallest absolute Gasteiger partial charge is 0.336 e. The van der Waals surface area contributed by atoms with Gasteiger partial charge in [0.1, 0.15) is 5.75 Å². The zero-order valence-electron chi connectivity index (χ0n) is 11.1. The molecule has 5 nitrogen and oxygen atoms in total. The van der Waals surface area contributed by atoms with E-state index in [1.165, 1.54) is 6.07 Å². The van der Waals surface area contributed by atoms with Crippen LogP contribution in [0.2, 0.25) is 0 Å². The van der Waals surface area contributed by atoms with Crippen LogP contribution in [0.25, 0.3) is 0 Å². The first-order valence-corrected chi connectivity index (χ1v) is 7.26. The van der Waals surface area contributed by atoms with Gasteiger partial charge in [-0.05, 0) is 53.9 Å². The van der Waals surface area contributed by atoms with Gasteiger partial charge in [-0.1, -0.05) is 0 Å². The van der Waals surface area contributed by atoms with Gasteiger partial charge in [-0.2, -0.15) is 0 Å². The first-order chi connectivity index (χ1) is 9.49. The molecule has 1 saturated heterocycles. The van der Waals surface area contributed by atoms with Crippen LogP contribution in [-0.2, 0) is 4.79 Å². The number of benzene rings is 1. The van der Waals surface area contributed by atoms with Crippen molar-refractivity contribution in [3.8, 4) is 5.75 Å². The zero-order chi connectivity index (χ0) is 14.7. The van der Waals surface area contributed by atoms with Crippen molar-refractivity contribution in [1.82, 2.24) is 4.90 Å². The summed E-state index contributed by atoms with van der Waals surface area (Å²) in [5, 5.41) is 9.05. The summed E-state index contributed by atoms with van der Waals surface area (Å²) in [6.45, 7) is 3.23. The third-order valence-electron chi connectivity index (χ3n) is 3.25. The maximum atomic E-state index is 12.1. The van der Waals surface area contributed by atoms with E-state index >= 15 is 0 Å². The van der Waals surface area contributed by atoms with Gasteiger partial charge in [0.25, 0.3) is 5.91 Å². The lowest BCUT2D eigenvalue weighted by Crippen LogP contribution is -2.38. The lowest BCUT2D eigenvalue weighted by molar-refractivity contribution is -0.136. The summed E-state index contributed by atoms with van der Waals surface area (Å²) < 4.78 is 6.04. The van der Waals surface area contributed by atoms with Gasteiger partial charge in [0.2, 0.25) is 0 Å². The number of hydrogen-bond donors (Lipinski definition) is 1. The number of halogens is 1. The molecule has 1 aromatic carbocycles. The molecule has 1 aliphatic rings. The molecule has 1 aromatic rings. The standard InChI is InChI=1S/C14H16BrNO4/c1-9(13(17)16-6-2-3-7-16)20-10-4-5-12(15)11(8-10)14(18)19/h4-5,8-9H,2-3,6-7H2,1H3,(H,18,19). The molecule has 1 N–H and O–H groups in total. The normalized spacial score (nSPS) is 16.0. The van der Waals surface area contributed by atoms with Crippen molar-refractivity contribution in [3.05, 3.63) is 28.2 Å². The molecule has 20 heavy (non-hydrogen) atoms. The molecule has 0 aromatic heterocycles. The van der Waals surface area contributed by atoms with Gasteiger partial charge in [0.15, 0.2) is 6.10 Å². The van der Waals surface area contributed by atoms with E-state index in [1.807, 2.05) is 0 Å². The second kappa shape index (κ2) is 6.26. The third kappa shape index (κ3) is 3.30. The Morgan fingerprint density at radius 3 is 2.60 bits per heavy atom. The molecular formula is C14H16BrNO4. The molecule has 0 saturated carbocycles. The number of likely N-dealkylation sites (tertiary alicyclic amines) is 1. The van der Waals surface area contributed by atoms with E-state index in [2.05, 4.69) is 15.9 Å². The number of carbonyl (C=O) groups excluding carboxylic acids is 1. The number of ether oxygens (including phenoxy) is 1. The van der Waals surface area contributed by atoms with E-state index in [0.29, 0.717) is 10.2 Å². The molecule has 0 radical (unpaired) electrons. The maximum absolute atomic E-state index is 12.1. The Morgan fingerprint density at radius 2 is 2.00 bits per heavy atom. The van der Waals surface area contributed by atoms with Gasteiger partial charge in [-0.25, -0.2) is 4.79 Å². The quantitative estimate of drug-likeness (QED) is 0.913. The fraction of sp³-hybridized carbons (Fsp3) is 0.429. The van der Waals surface area contributed by atoms with Crippen LogP contribution in [0.4, 0.5) is 0 Å². The lowest BCUT2D eigenvalue weighted by Gasteiger charge is -2.21. The number of hydrogen-bond acceptors (Lipinski definition) is 3. The molecule has 0 bridgehead atoms. The summed E-state index contributed by atoms with van der Waals surface area (Å²) in [6, 6.07) is 4.66. The summed E-state index contributed by atoms with van der Waals surface area (Å²) in [5.74, 6) is -0.714. The van der Waals surface area contributed by atoms with E-state index < -0.39 is 12.1 Å². The van der Waals surface area contributed by atoms with Crippen LogP contribution in [0.1, 0.15) is 30.1 Å². The van der Waals surface area contributed by atoms with Crippen molar-refractivity contribution in [2.75, 3.05) is 13.1 Å². The average Bonchev–Trinajstić information content (AvgIpc) is 2.93. The topological polar surface area (TPSA) is 66.8 Å². The van der Waals surface area contributed by atoms with E-state index in [-0.39, 0.29) is 11.5 Å². The molecule has 1 fully saturated rings. The molecule has 1 unspecified atom stereocenters. The van der Waals surface area contributed by atoms with E-state index in [0.717, 1.165) is 25.9 Å². The van der Waals surface area contributed by atoms with Crippen molar-refractivity contribution in [1.29, 1.82) is 0 Å². The predicted molar refractivity (Wildman–Crippen MR) is 77.0 cm³/mol. The van der Waals surface area contributed by atoms with Crippen molar-refractivity contribution >= 4 is 27.8 Å². The van der Waals surface area contributed by atoms with Crippen LogP contribution < -0.4 is 4.74 Å². The Bertz CT molecular complexity index is 526. The summed E-state index contributed by atoms with van der Waals surface area (Å²) in [5.41, 5.74) is 0.114. The van der Waals surface area contributed by atoms with Crippen molar-refractivity contribution in [2.45, 2.75) is 25.9 Å². The second-order valence-corrected chi connectivity index (χ2v) is 5.59.